The van der Waals surface area contributed by atoms with Gasteiger partial charge in [0, 0.05) is 24.0 Å². The van der Waals surface area contributed by atoms with E-state index in [1.165, 1.54) is 43.2 Å². The molecule has 0 atom stereocenters. The maximum Gasteiger partial charge on any atom is 0.225 e. The summed E-state index contributed by atoms with van der Waals surface area (Å²) in [7, 11) is 0. The van der Waals surface area contributed by atoms with E-state index in [0.29, 0.717) is 12.0 Å². The van der Waals surface area contributed by atoms with E-state index in [2.05, 4.69) is 47.7 Å². The maximum absolute atomic E-state index is 4.76. The van der Waals surface area contributed by atoms with Gasteiger partial charge < -0.3 is 10.6 Å². The lowest BCUT2D eigenvalue weighted by molar-refractivity contribution is 0.461. The van der Waals surface area contributed by atoms with E-state index >= 15 is 0 Å². The molecule has 3 aromatic rings. The number of nitrogens with one attached hydrogen (secondary N) is 2. The summed E-state index contributed by atoms with van der Waals surface area (Å²) in [5.74, 6) is 1.45. The molecule has 1 aliphatic rings. The Hall–Kier alpha value is -2.95. The number of nitrogens with zero attached hydrogens (tertiary/aromatic N) is 3. The Morgan fingerprint density at radius 3 is 2.54 bits per heavy atom. The molecule has 5 nitrogen and oxygen atoms in total. The Morgan fingerprint density at radius 2 is 1.75 bits per heavy atom. The van der Waals surface area contributed by atoms with Crippen molar-refractivity contribution >= 4 is 17.5 Å². The Bertz CT molecular complexity index is 933. The van der Waals surface area contributed by atoms with E-state index in [9.17, 15) is 0 Å². The number of hydrogen-bond donors (Lipinski definition) is 2. The van der Waals surface area contributed by atoms with Crippen LogP contribution in [-0.2, 0) is 0 Å². The lowest BCUT2D eigenvalue weighted by atomic mass is 9.96. The highest BCUT2D eigenvalue weighted by Crippen LogP contribution is 2.26. The molecule has 4 rings (SSSR count). The molecular weight excluding hydrogens is 346 g/mol. The zero-order valence-electron chi connectivity index (χ0n) is 16.6. The predicted molar refractivity (Wildman–Crippen MR) is 115 cm³/mol. The van der Waals surface area contributed by atoms with Gasteiger partial charge in [0.15, 0.2) is 0 Å². The first-order valence-electron chi connectivity index (χ1n) is 10.1. The molecule has 144 valence electrons. The minimum atomic E-state index is 0.446. The van der Waals surface area contributed by atoms with Crippen LogP contribution in [0.5, 0.6) is 0 Å². The lowest BCUT2D eigenvalue weighted by Gasteiger charge is -2.23. The molecule has 1 saturated carbocycles. The predicted octanol–water partition coefficient (Wildman–Crippen LogP) is 5.64. The summed E-state index contributed by atoms with van der Waals surface area (Å²) in [4.78, 5) is 14.0. The van der Waals surface area contributed by atoms with Crippen LogP contribution in [0.1, 0.15) is 43.2 Å². The average molecular weight is 374 g/mol. The number of aromatic nitrogens is 3. The summed E-state index contributed by atoms with van der Waals surface area (Å²) in [5.41, 5.74) is 5.13. The van der Waals surface area contributed by atoms with Crippen molar-refractivity contribution in [3.63, 3.8) is 0 Å². The van der Waals surface area contributed by atoms with Crippen molar-refractivity contribution in [1.82, 2.24) is 15.0 Å². The van der Waals surface area contributed by atoms with Gasteiger partial charge >= 0.3 is 0 Å². The smallest absolute Gasteiger partial charge is 0.225 e. The van der Waals surface area contributed by atoms with Gasteiger partial charge in [-0.3, -0.25) is 4.98 Å². The van der Waals surface area contributed by atoms with Crippen molar-refractivity contribution in [3.05, 3.63) is 59.8 Å². The molecule has 0 amide bonds. The van der Waals surface area contributed by atoms with E-state index in [1.807, 2.05) is 24.3 Å². The third-order valence-corrected chi connectivity index (χ3v) is 5.25. The SMILES string of the molecule is Cc1ccc(C)c(Nc2cc(-c3ccccn3)nc(NC3CCCCC3)n2)c1. The molecular formula is C23H27N5. The van der Waals surface area contributed by atoms with Gasteiger partial charge in [0.2, 0.25) is 5.95 Å². The highest BCUT2D eigenvalue weighted by atomic mass is 15.2. The summed E-state index contributed by atoms with van der Waals surface area (Å²) in [6, 6.07) is 14.7. The van der Waals surface area contributed by atoms with E-state index in [-0.39, 0.29) is 0 Å². The van der Waals surface area contributed by atoms with Crippen molar-refractivity contribution < 1.29 is 0 Å². The zero-order valence-corrected chi connectivity index (χ0v) is 16.6. The maximum atomic E-state index is 4.76. The van der Waals surface area contributed by atoms with E-state index in [0.717, 1.165) is 22.9 Å². The third kappa shape index (κ3) is 4.47. The first-order chi connectivity index (χ1) is 13.7. The quantitative estimate of drug-likeness (QED) is 0.605. The molecule has 0 bridgehead atoms. The van der Waals surface area contributed by atoms with Crippen LogP contribution < -0.4 is 10.6 Å². The third-order valence-electron chi connectivity index (χ3n) is 5.25. The molecule has 0 unspecified atom stereocenters. The first-order valence-corrected chi connectivity index (χ1v) is 10.1. The fraction of sp³-hybridized carbons (Fsp3) is 0.348. The molecule has 5 heteroatoms. The van der Waals surface area contributed by atoms with Crippen LogP contribution in [0.25, 0.3) is 11.4 Å². The number of rotatable bonds is 5. The van der Waals surface area contributed by atoms with Gasteiger partial charge in [0.1, 0.15) is 5.82 Å². The molecule has 2 N–H and O–H groups in total. The van der Waals surface area contributed by atoms with Gasteiger partial charge in [-0.25, -0.2) is 4.98 Å². The number of pyridine rings is 1. The molecule has 2 aromatic heterocycles. The largest absolute Gasteiger partial charge is 0.351 e. The van der Waals surface area contributed by atoms with E-state index in [4.69, 9.17) is 9.97 Å². The van der Waals surface area contributed by atoms with Gasteiger partial charge in [-0.1, -0.05) is 37.5 Å². The van der Waals surface area contributed by atoms with Gasteiger partial charge in [0.05, 0.1) is 11.4 Å². The second-order valence-electron chi connectivity index (χ2n) is 7.60. The molecule has 1 aromatic carbocycles. The number of anilines is 3. The lowest BCUT2D eigenvalue weighted by Crippen LogP contribution is -2.23. The topological polar surface area (TPSA) is 62.7 Å². The Balaban J connectivity index is 1.67. The number of benzene rings is 1. The second kappa shape index (κ2) is 8.38. The fourth-order valence-electron chi connectivity index (χ4n) is 3.66. The van der Waals surface area contributed by atoms with Crippen molar-refractivity contribution in [1.29, 1.82) is 0 Å². The Morgan fingerprint density at radius 1 is 0.893 bits per heavy atom. The van der Waals surface area contributed by atoms with Gasteiger partial charge in [-0.2, -0.15) is 4.98 Å². The van der Waals surface area contributed by atoms with Gasteiger partial charge in [-0.15, -0.1) is 0 Å². The van der Waals surface area contributed by atoms with Crippen molar-refractivity contribution in [2.75, 3.05) is 10.6 Å². The summed E-state index contributed by atoms with van der Waals surface area (Å²) < 4.78 is 0. The summed E-state index contributed by atoms with van der Waals surface area (Å²) >= 11 is 0. The van der Waals surface area contributed by atoms with Crippen LogP contribution in [0.3, 0.4) is 0 Å². The molecule has 2 heterocycles. The van der Waals surface area contributed by atoms with E-state index in [1.54, 1.807) is 6.20 Å². The van der Waals surface area contributed by atoms with Crippen LogP contribution in [0.4, 0.5) is 17.5 Å². The molecule has 0 saturated heterocycles. The van der Waals surface area contributed by atoms with Crippen molar-refractivity contribution in [2.24, 2.45) is 0 Å². The average Bonchev–Trinajstić information content (AvgIpc) is 2.72. The summed E-state index contributed by atoms with van der Waals surface area (Å²) in [5, 5.41) is 7.04. The standard InChI is InChI=1S/C23H27N5/c1-16-11-12-17(2)20(14-16)26-22-15-21(19-10-6-7-13-24-19)27-23(28-22)25-18-8-4-3-5-9-18/h6-7,10-15,18H,3-5,8-9H2,1-2H3,(H2,25,26,27,28). The highest BCUT2D eigenvalue weighted by molar-refractivity contribution is 5.67. The normalized spacial score (nSPS) is 14.6. The Labute approximate surface area is 166 Å². The van der Waals surface area contributed by atoms with Crippen molar-refractivity contribution in [2.45, 2.75) is 52.0 Å². The van der Waals surface area contributed by atoms with Gasteiger partial charge in [0.25, 0.3) is 0 Å². The fourth-order valence-corrected chi connectivity index (χ4v) is 3.66. The highest BCUT2D eigenvalue weighted by Gasteiger charge is 2.16. The van der Waals surface area contributed by atoms with Crippen LogP contribution >= 0.6 is 0 Å². The molecule has 28 heavy (non-hydrogen) atoms. The summed E-state index contributed by atoms with van der Waals surface area (Å²) in [6.07, 6.45) is 8.01. The van der Waals surface area contributed by atoms with Crippen LogP contribution in [0, 0.1) is 13.8 Å². The number of aryl methyl sites for hydroxylation is 2. The molecule has 0 aliphatic heterocycles. The molecule has 1 fully saturated rings. The number of hydrogen-bond acceptors (Lipinski definition) is 5. The first kappa shape index (κ1) is 18.4. The van der Waals surface area contributed by atoms with Crippen LogP contribution in [0.2, 0.25) is 0 Å². The second-order valence-corrected chi connectivity index (χ2v) is 7.60. The van der Waals surface area contributed by atoms with E-state index < -0.39 is 0 Å². The zero-order chi connectivity index (χ0) is 19.3. The van der Waals surface area contributed by atoms with Crippen LogP contribution in [-0.4, -0.2) is 21.0 Å². The van der Waals surface area contributed by atoms with Crippen LogP contribution in [0.15, 0.2) is 48.7 Å². The molecule has 1 aliphatic carbocycles. The molecule has 0 spiro atoms. The van der Waals surface area contributed by atoms with Gasteiger partial charge in [-0.05, 0) is 56.0 Å². The van der Waals surface area contributed by atoms with Crippen molar-refractivity contribution in [3.8, 4) is 11.4 Å². The molecule has 0 radical (unpaired) electrons. The monoisotopic (exact) mass is 373 g/mol. The minimum absolute atomic E-state index is 0.446. The Kier molecular flexibility index (Phi) is 5.51. The summed E-state index contributed by atoms with van der Waals surface area (Å²) in [6.45, 7) is 4.20. The minimum Gasteiger partial charge on any atom is -0.351 e.